The Bertz CT molecular complexity index is 119. The van der Waals surface area contributed by atoms with Crippen LogP contribution in [-0.2, 0) is 9.47 Å². The lowest BCUT2D eigenvalue weighted by Crippen LogP contribution is -2.22. The highest BCUT2D eigenvalue weighted by molar-refractivity contribution is 5.85. The molecule has 1 aliphatic rings. The van der Waals surface area contributed by atoms with Crippen LogP contribution in [0.3, 0.4) is 0 Å². The van der Waals surface area contributed by atoms with Crippen molar-refractivity contribution in [2.45, 2.75) is 32.2 Å². The Morgan fingerprint density at radius 3 is 2.55 bits per heavy atom. The van der Waals surface area contributed by atoms with Crippen LogP contribution >= 0.6 is 12.4 Å². The summed E-state index contributed by atoms with van der Waals surface area (Å²) in [5.74, 6) is -0.389. The summed E-state index contributed by atoms with van der Waals surface area (Å²) >= 11 is 0. The summed E-state index contributed by atoms with van der Waals surface area (Å²) in [6.07, 6.45) is 1.10. The molecule has 1 aliphatic heterocycles. The molecule has 0 saturated carbocycles. The third-order valence-electron chi connectivity index (χ3n) is 1.56. The molecule has 68 valence electrons. The molecule has 3 nitrogen and oxygen atoms in total. The van der Waals surface area contributed by atoms with E-state index in [-0.39, 0.29) is 24.3 Å². The lowest BCUT2D eigenvalue weighted by atomic mass is 10.3. The van der Waals surface area contributed by atoms with E-state index in [1.54, 1.807) is 0 Å². The normalized spacial score (nSPS) is 28.1. The first-order chi connectivity index (χ1) is 4.64. The maximum atomic E-state index is 5.49. The minimum atomic E-state index is -0.389. The highest BCUT2D eigenvalue weighted by Crippen LogP contribution is 2.23. The highest BCUT2D eigenvalue weighted by atomic mass is 35.5. The van der Waals surface area contributed by atoms with Crippen molar-refractivity contribution in [3.63, 3.8) is 0 Å². The highest BCUT2D eigenvalue weighted by Gasteiger charge is 2.31. The number of halogens is 1. The van der Waals surface area contributed by atoms with E-state index in [0.29, 0.717) is 13.2 Å². The average molecular weight is 182 g/mol. The lowest BCUT2D eigenvalue weighted by Gasteiger charge is -2.16. The zero-order valence-corrected chi connectivity index (χ0v) is 7.82. The molecular weight excluding hydrogens is 166 g/mol. The minimum absolute atomic E-state index is 0. The fourth-order valence-electron chi connectivity index (χ4n) is 1.09. The zero-order valence-electron chi connectivity index (χ0n) is 7.00. The van der Waals surface area contributed by atoms with E-state index in [0.717, 1.165) is 6.42 Å². The predicted octanol–water partition coefficient (Wildman–Crippen LogP) is 0.909. The number of hydrogen-bond donors (Lipinski definition) is 1. The second-order valence-electron chi connectivity index (χ2n) is 3.03. The molecule has 0 spiro atoms. The van der Waals surface area contributed by atoms with Crippen LogP contribution in [0.5, 0.6) is 0 Å². The number of nitrogens with two attached hydrogens (primary N) is 1. The fourth-order valence-corrected chi connectivity index (χ4v) is 1.09. The molecule has 0 aromatic heterocycles. The van der Waals surface area contributed by atoms with Gasteiger partial charge in [0.2, 0.25) is 0 Å². The maximum Gasteiger partial charge on any atom is 0.163 e. The first kappa shape index (κ1) is 11.2. The van der Waals surface area contributed by atoms with Crippen molar-refractivity contribution < 1.29 is 9.47 Å². The molecule has 0 bridgehead atoms. The molecule has 4 heteroatoms. The van der Waals surface area contributed by atoms with Gasteiger partial charge in [-0.1, -0.05) is 0 Å². The minimum Gasteiger partial charge on any atom is -0.348 e. The summed E-state index contributed by atoms with van der Waals surface area (Å²) in [5.41, 5.74) is 5.36. The largest absolute Gasteiger partial charge is 0.348 e. The topological polar surface area (TPSA) is 44.5 Å². The molecule has 11 heavy (non-hydrogen) atoms. The SMILES string of the molecule is CC1(C)OCC(CCN)O1.Cl. The molecular formula is C7H16ClNO2. The van der Waals surface area contributed by atoms with Crippen molar-refractivity contribution in [1.82, 2.24) is 0 Å². The third-order valence-corrected chi connectivity index (χ3v) is 1.56. The zero-order chi connectivity index (χ0) is 7.61. The van der Waals surface area contributed by atoms with Gasteiger partial charge in [0.05, 0.1) is 12.7 Å². The summed E-state index contributed by atoms with van der Waals surface area (Å²) in [7, 11) is 0. The molecule has 2 N–H and O–H groups in total. The van der Waals surface area contributed by atoms with Gasteiger partial charge in [0, 0.05) is 0 Å². The first-order valence-electron chi connectivity index (χ1n) is 3.66. The molecule has 0 radical (unpaired) electrons. The van der Waals surface area contributed by atoms with Crippen molar-refractivity contribution in [3.8, 4) is 0 Å². The van der Waals surface area contributed by atoms with Crippen LogP contribution < -0.4 is 5.73 Å². The Morgan fingerprint density at radius 1 is 1.55 bits per heavy atom. The standard InChI is InChI=1S/C7H15NO2.ClH/c1-7(2)9-5-6(10-7)3-4-8;/h6H,3-5,8H2,1-2H3;1H. The quantitative estimate of drug-likeness (QED) is 0.689. The number of rotatable bonds is 2. The molecule has 0 aliphatic carbocycles. The Hall–Kier alpha value is 0.170. The Balaban J connectivity index is 0.000001000. The van der Waals surface area contributed by atoms with E-state index in [9.17, 15) is 0 Å². The Labute approximate surface area is 73.6 Å². The monoisotopic (exact) mass is 181 g/mol. The van der Waals surface area contributed by atoms with Gasteiger partial charge in [-0.15, -0.1) is 12.4 Å². The van der Waals surface area contributed by atoms with E-state index in [1.807, 2.05) is 13.8 Å². The van der Waals surface area contributed by atoms with Gasteiger partial charge in [0.25, 0.3) is 0 Å². The predicted molar refractivity (Wildman–Crippen MR) is 45.8 cm³/mol. The van der Waals surface area contributed by atoms with Crippen molar-refractivity contribution in [2.75, 3.05) is 13.2 Å². The third kappa shape index (κ3) is 3.38. The summed E-state index contributed by atoms with van der Waals surface area (Å²) in [6, 6.07) is 0. The Kier molecular flexibility index (Phi) is 4.32. The van der Waals surface area contributed by atoms with Gasteiger partial charge in [-0.2, -0.15) is 0 Å². The van der Waals surface area contributed by atoms with Crippen LogP contribution in [0.15, 0.2) is 0 Å². The molecule has 0 aromatic carbocycles. The van der Waals surface area contributed by atoms with Crippen LogP contribution in [0, 0.1) is 0 Å². The number of ether oxygens (including phenoxy) is 2. The van der Waals surface area contributed by atoms with Crippen molar-refractivity contribution in [2.24, 2.45) is 5.73 Å². The molecule has 0 aromatic rings. The second-order valence-corrected chi connectivity index (χ2v) is 3.03. The van der Waals surface area contributed by atoms with Crippen LogP contribution in [-0.4, -0.2) is 25.0 Å². The van der Waals surface area contributed by atoms with Gasteiger partial charge < -0.3 is 15.2 Å². The molecule has 1 heterocycles. The van der Waals surface area contributed by atoms with E-state index in [2.05, 4.69) is 0 Å². The van der Waals surface area contributed by atoms with Gasteiger partial charge in [-0.3, -0.25) is 0 Å². The van der Waals surface area contributed by atoms with Crippen molar-refractivity contribution in [3.05, 3.63) is 0 Å². The summed E-state index contributed by atoms with van der Waals surface area (Å²) in [5, 5.41) is 0. The van der Waals surface area contributed by atoms with Gasteiger partial charge in [0.1, 0.15) is 0 Å². The van der Waals surface area contributed by atoms with E-state index >= 15 is 0 Å². The molecule has 1 rings (SSSR count). The summed E-state index contributed by atoms with van der Waals surface area (Å²) in [6.45, 7) is 5.20. The van der Waals surface area contributed by atoms with Gasteiger partial charge in [0.15, 0.2) is 5.79 Å². The lowest BCUT2D eigenvalue weighted by molar-refractivity contribution is -0.138. The van der Waals surface area contributed by atoms with Crippen molar-refractivity contribution in [1.29, 1.82) is 0 Å². The number of hydrogen-bond acceptors (Lipinski definition) is 3. The molecule has 1 saturated heterocycles. The maximum absolute atomic E-state index is 5.49. The van der Waals surface area contributed by atoms with E-state index in [4.69, 9.17) is 15.2 Å². The molecule has 1 atom stereocenters. The summed E-state index contributed by atoms with van der Waals surface area (Å²) in [4.78, 5) is 0. The molecule has 1 fully saturated rings. The van der Waals surface area contributed by atoms with Crippen LogP contribution in [0.4, 0.5) is 0 Å². The van der Waals surface area contributed by atoms with Gasteiger partial charge >= 0.3 is 0 Å². The van der Waals surface area contributed by atoms with Crippen LogP contribution in [0.25, 0.3) is 0 Å². The van der Waals surface area contributed by atoms with E-state index in [1.165, 1.54) is 0 Å². The average Bonchev–Trinajstić information content (AvgIpc) is 2.12. The second kappa shape index (κ2) is 4.26. The van der Waals surface area contributed by atoms with E-state index < -0.39 is 0 Å². The Morgan fingerprint density at radius 2 is 2.18 bits per heavy atom. The van der Waals surface area contributed by atoms with Crippen LogP contribution in [0.2, 0.25) is 0 Å². The molecule has 1 unspecified atom stereocenters. The van der Waals surface area contributed by atoms with Gasteiger partial charge in [-0.25, -0.2) is 0 Å². The molecule has 0 amide bonds. The van der Waals surface area contributed by atoms with Crippen LogP contribution in [0.1, 0.15) is 20.3 Å². The smallest absolute Gasteiger partial charge is 0.163 e. The summed E-state index contributed by atoms with van der Waals surface area (Å²) < 4.78 is 10.8. The first-order valence-corrected chi connectivity index (χ1v) is 3.66. The fraction of sp³-hybridized carbons (Fsp3) is 1.00. The van der Waals surface area contributed by atoms with Gasteiger partial charge in [-0.05, 0) is 26.8 Å². The van der Waals surface area contributed by atoms with Crippen molar-refractivity contribution >= 4 is 12.4 Å².